The molecule has 0 aliphatic carbocycles. The van der Waals surface area contributed by atoms with E-state index in [9.17, 15) is 4.79 Å². The van der Waals surface area contributed by atoms with Crippen LogP contribution >= 0.6 is 11.8 Å². The lowest BCUT2D eigenvalue weighted by molar-refractivity contribution is 0.192. The maximum Gasteiger partial charge on any atom is 0.404 e. The zero-order valence-electron chi connectivity index (χ0n) is 9.78. The van der Waals surface area contributed by atoms with Gasteiger partial charge >= 0.3 is 6.09 Å². The van der Waals surface area contributed by atoms with E-state index in [4.69, 9.17) is 5.11 Å². The van der Waals surface area contributed by atoms with Crippen LogP contribution < -0.4 is 5.32 Å². The van der Waals surface area contributed by atoms with E-state index in [0.29, 0.717) is 6.54 Å². The number of rotatable bonds is 4. The molecule has 4 heteroatoms. The summed E-state index contributed by atoms with van der Waals surface area (Å²) in [6.45, 7) is 4.47. The topological polar surface area (TPSA) is 49.3 Å². The molecule has 0 aliphatic rings. The summed E-state index contributed by atoms with van der Waals surface area (Å²) in [7, 11) is 0. The van der Waals surface area contributed by atoms with Gasteiger partial charge in [-0.05, 0) is 24.0 Å². The molecule has 0 unspecified atom stereocenters. The Labute approximate surface area is 100 Å². The van der Waals surface area contributed by atoms with Gasteiger partial charge in [-0.3, -0.25) is 0 Å². The van der Waals surface area contributed by atoms with Gasteiger partial charge in [0.1, 0.15) is 0 Å². The molecule has 0 radical (unpaired) electrons. The fraction of sp³-hybridized carbons (Fsp3) is 0.417. The number of thioether (sulfide) groups is 1. The summed E-state index contributed by atoms with van der Waals surface area (Å²) in [6, 6.07) is 8.22. The molecule has 88 valence electrons. The van der Waals surface area contributed by atoms with Gasteiger partial charge in [-0.15, -0.1) is 11.8 Å². The van der Waals surface area contributed by atoms with E-state index in [1.807, 2.05) is 20.1 Å². The number of carboxylic acid groups (broad SMARTS) is 1. The predicted molar refractivity (Wildman–Crippen MR) is 67.3 cm³/mol. The second-order valence-corrected chi connectivity index (χ2v) is 5.15. The van der Waals surface area contributed by atoms with Gasteiger partial charge in [0.2, 0.25) is 0 Å². The maximum absolute atomic E-state index is 10.5. The first-order valence-electron chi connectivity index (χ1n) is 5.07. The fourth-order valence-electron chi connectivity index (χ4n) is 1.44. The molecular formula is C12H17NO2S. The van der Waals surface area contributed by atoms with Crippen molar-refractivity contribution in [2.45, 2.75) is 24.2 Å². The number of carbonyl (C=O) groups is 1. The molecule has 1 rings (SSSR count). The Balaban J connectivity index is 2.76. The first-order valence-corrected chi connectivity index (χ1v) is 6.29. The van der Waals surface area contributed by atoms with E-state index in [1.165, 1.54) is 4.90 Å². The first kappa shape index (κ1) is 12.9. The third-order valence-electron chi connectivity index (χ3n) is 2.55. The van der Waals surface area contributed by atoms with E-state index in [0.717, 1.165) is 5.56 Å². The van der Waals surface area contributed by atoms with E-state index < -0.39 is 6.09 Å². The third-order valence-corrected chi connectivity index (χ3v) is 3.30. The van der Waals surface area contributed by atoms with Crippen molar-refractivity contribution in [3.8, 4) is 0 Å². The Morgan fingerprint density at radius 2 is 1.94 bits per heavy atom. The molecule has 3 nitrogen and oxygen atoms in total. The highest BCUT2D eigenvalue weighted by Gasteiger charge is 2.21. The van der Waals surface area contributed by atoms with Crippen LogP contribution in [-0.2, 0) is 5.41 Å². The largest absolute Gasteiger partial charge is 0.465 e. The Morgan fingerprint density at radius 1 is 1.38 bits per heavy atom. The standard InChI is InChI=1S/C12H17NO2S/c1-12(2,8-13-11(14)15)9-4-6-10(16-3)7-5-9/h4-7,13H,8H2,1-3H3,(H,14,15). The van der Waals surface area contributed by atoms with Crippen LogP contribution in [0, 0.1) is 0 Å². The molecule has 0 saturated carbocycles. The zero-order valence-corrected chi connectivity index (χ0v) is 10.6. The minimum absolute atomic E-state index is 0.185. The molecule has 0 spiro atoms. The monoisotopic (exact) mass is 239 g/mol. The van der Waals surface area contributed by atoms with Gasteiger partial charge < -0.3 is 10.4 Å². The molecule has 0 heterocycles. The van der Waals surface area contributed by atoms with Crippen LogP contribution in [0.25, 0.3) is 0 Å². The van der Waals surface area contributed by atoms with Crippen LogP contribution in [0.2, 0.25) is 0 Å². The number of hydrogen-bond acceptors (Lipinski definition) is 2. The van der Waals surface area contributed by atoms with Crippen molar-refractivity contribution >= 4 is 17.9 Å². The summed E-state index contributed by atoms with van der Waals surface area (Å²) < 4.78 is 0. The summed E-state index contributed by atoms with van der Waals surface area (Å²) in [4.78, 5) is 11.7. The van der Waals surface area contributed by atoms with Crippen LogP contribution in [0.1, 0.15) is 19.4 Å². The highest BCUT2D eigenvalue weighted by Crippen LogP contribution is 2.24. The highest BCUT2D eigenvalue weighted by atomic mass is 32.2. The molecule has 0 saturated heterocycles. The quantitative estimate of drug-likeness (QED) is 0.794. The van der Waals surface area contributed by atoms with Crippen molar-refractivity contribution < 1.29 is 9.90 Å². The Morgan fingerprint density at radius 3 is 2.38 bits per heavy atom. The van der Waals surface area contributed by atoms with Crippen molar-refractivity contribution in [2.24, 2.45) is 0 Å². The zero-order chi connectivity index (χ0) is 12.2. The normalized spacial score (nSPS) is 11.2. The van der Waals surface area contributed by atoms with E-state index >= 15 is 0 Å². The maximum atomic E-state index is 10.5. The summed E-state index contributed by atoms with van der Waals surface area (Å²) in [5, 5.41) is 11.0. The second-order valence-electron chi connectivity index (χ2n) is 4.27. The molecule has 0 fully saturated rings. The Kier molecular flexibility index (Phi) is 4.24. The number of benzene rings is 1. The van der Waals surface area contributed by atoms with Crippen LogP contribution in [0.15, 0.2) is 29.2 Å². The van der Waals surface area contributed by atoms with E-state index in [-0.39, 0.29) is 5.41 Å². The van der Waals surface area contributed by atoms with Crippen LogP contribution in [-0.4, -0.2) is 24.0 Å². The Hall–Kier alpha value is -1.16. The van der Waals surface area contributed by atoms with Gasteiger partial charge in [0.15, 0.2) is 0 Å². The van der Waals surface area contributed by atoms with Gasteiger partial charge in [0, 0.05) is 16.9 Å². The smallest absolute Gasteiger partial charge is 0.404 e. The molecule has 1 aromatic rings. The number of amides is 1. The summed E-state index contributed by atoms with van der Waals surface area (Å²) >= 11 is 1.70. The predicted octanol–water partition coefficient (Wildman–Crippen LogP) is 2.95. The van der Waals surface area contributed by atoms with Gasteiger partial charge in [-0.2, -0.15) is 0 Å². The minimum Gasteiger partial charge on any atom is -0.465 e. The SMILES string of the molecule is CSc1ccc(C(C)(C)CNC(=O)O)cc1. The summed E-state index contributed by atoms with van der Waals surface area (Å²) in [5.41, 5.74) is 0.953. The van der Waals surface area contributed by atoms with Gasteiger partial charge in [0.25, 0.3) is 0 Å². The van der Waals surface area contributed by atoms with Crippen molar-refractivity contribution in [3.63, 3.8) is 0 Å². The fourth-order valence-corrected chi connectivity index (χ4v) is 1.85. The molecule has 0 aromatic heterocycles. The van der Waals surface area contributed by atoms with E-state index in [2.05, 4.69) is 29.6 Å². The summed E-state index contributed by atoms with van der Waals surface area (Å²) in [5.74, 6) is 0. The van der Waals surface area contributed by atoms with Gasteiger partial charge in [0.05, 0.1) is 0 Å². The van der Waals surface area contributed by atoms with Crippen molar-refractivity contribution in [1.82, 2.24) is 5.32 Å². The lowest BCUT2D eigenvalue weighted by atomic mass is 9.85. The molecule has 0 aliphatic heterocycles. The van der Waals surface area contributed by atoms with Crippen LogP contribution in [0.5, 0.6) is 0 Å². The minimum atomic E-state index is -0.978. The van der Waals surface area contributed by atoms with Crippen molar-refractivity contribution in [1.29, 1.82) is 0 Å². The highest BCUT2D eigenvalue weighted by molar-refractivity contribution is 7.98. The molecule has 1 amide bonds. The number of nitrogens with one attached hydrogen (secondary N) is 1. The van der Waals surface area contributed by atoms with Crippen molar-refractivity contribution in [3.05, 3.63) is 29.8 Å². The van der Waals surface area contributed by atoms with Gasteiger partial charge in [-0.25, -0.2) is 4.79 Å². The molecule has 0 atom stereocenters. The second kappa shape index (κ2) is 5.25. The lowest BCUT2D eigenvalue weighted by Gasteiger charge is -2.25. The Bertz CT molecular complexity index is 360. The summed E-state index contributed by atoms with van der Waals surface area (Å²) in [6.07, 6.45) is 1.06. The third kappa shape index (κ3) is 3.45. The molecule has 1 aromatic carbocycles. The lowest BCUT2D eigenvalue weighted by Crippen LogP contribution is -2.35. The van der Waals surface area contributed by atoms with Crippen molar-refractivity contribution in [2.75, 3.05) is 12.8 Å². The number of hydrogen-bond donors (Lipinski definition) is 2. The molecule has 0 bridgehead atoms. The van der Waals surface area contributed by atoms with Gasteiger partial charge in [-0.1, -0.05) is 26.0 Å². The average molecular weight is 239 g/mol. The molecule has 2 N–H and O–H groups in total. The average Bonchev–Trinajstić information content (AvgIpc) is 2.27. The first-order chi connectivity index (χ1) is 7.45. The van der Waals surface area contributed by atoms with Crippen LogP contribution in [0.3, 0.4) is 0 Å². The van der Waals surface area contributed by atoms with Crippen LogP contribution in [0.4, 0.5) is 4.79 Å². The van der Waals surface area contributed by atoms with E-state index in [1.54, 1.807) is 11.8 Å². The molecule has 16 heavy (non-hydrogen) atoms. The molecular weight excluding hydrogens is 222 g/mol.